The number of hydrogen-bond acceptors (Lipinski definition) is 2. The van der Waals surface area contributed by atoms with E-state index in [1.54, 1.807) is 24.4 Å². The van der Waals surface area contributed by atoms with E-state index >= 15 is 0 Å². The van der Waals surface area contributed by atoms with Crippen LogP contribution in [0, 0.1) is 0 Å². The van der Waals surface area contributed by atoms with Crippen molar-refractivity contribution in [2.24, 2.45) is 0 Å². The first-order valence-electron chi connectivity index (χ1n) is 8.01. The minimum Gasteiger partial charge on any atom is -0.325 e. The van der Waals surface area contributed by atoms with E-state index in [1.807, 2.05) is 12.1 Å². The van der Waals surface area contributed by atoms with E-state index in [0.717, 1.165) is 17.5 Å². The van der Waals surface area contributed by atoms with Crippen LogP contribution in [0.1, 0.15) is 23.2 Å². The zero-order valence-corrected chi connectivity index (χ0v) is 14.6. The fourth-order valence-electron chi connectivity index (χ4n) is 2.71. The number of benzene rings is 2. The average molecular weight is 395 g/mol. The Morgan fingerprint density at radius 1 is 1.04 bits per heavy atom. The molecule has 2 aromatic carbocycles. The molecule has 0 saturated carbocycles. The molecule has 0 unspecified atom stereocenters. The number of fused-ring (bicyclic) bond motifs is 1. The molecule has 4 nitrogen and oxygen atoms in total. The van der Waals surface area contributed by atoms with Crippen molar-refractivity contribution < 1.29 is 22.8 Å². The Bertz CT molecular complexity index is 1010. The highest BCUT2D eigenvalue weighted by Crippen LogP contribution is 2.36. The molecule has 1 heterocycles. The summed E-state index contributed by atoms with van der Waals surface area (Å²) in [7, 11) is 0. The second-order valence-electron chi connectivity index (χ2n) is 5.87. The van der Waals surface area contributed by atoms with Gasteiger partial charge in [0, 0.05) is 29.4 Å². The summed E-state index contributed by atoms with van der Waals surface area (Å²) in [6.45, 7) is 0. The van der Waals surface area contributed by atoms with Crippen molar-refractivity contribution in [3.63, 3.8) is 0 Å². The maximum atomic E-state index is 13.1. The van der Waals surface area contributed by atoms with Crippen molar-refractivity contribution in [3.05, 3.63) is 65.3 Å². The van der Waals surface area contributed by atoms with E-state index in [9.17, 15) is 22.8 Å². The minimum absolute atomic E-state index is 0.0880. The predicted octanol–water partition coefficient (Wildman–Crippen LogP) is 5.37. The molecule has 0 saturated heterocycles. The molecular formula is C19H14ClF3N2O2. The molecule has 0 aliphatic heterocycles. The lowest BCUT2D eigenvalue weighted by Crippen LogP contribution is -2.18. The van der Waals surface area contributed by atoms with Crippen LogP contribution in [0.3, 0.4) is 0 Å². The molecule has 1 aromatic heterocycles. The van der Waals surface area contributed by atoms with E-state index in [-0.39, 0.29) is 23.8 Å². The fourth-order valence-corrected chi connectivity index (χ4v) is 2.89. The molecule has 8 heteroatoms. The Morgan fingerprint density at radius 2 is 1.78 bits per heavy atom. The number of alkyl halides is 3. The lowest BCUT2D eigenvalue weighted by molar-refractivity contribution is -0.137. The van der Waals surface area contributed by atoms with Crippen LogP contribution in [0.4, 0.5) is 18.9 Å². The van der Waals surface area contributed by atoms with Gasteiger partial charge in [-0.05, 0) is 30.3 Å². The van der Waals surface area contributed by atoms with Gasteiger partial charge in [-0.25, -0.2) is 0 Å². The molecule has 0 radical (unpaired) electrons. The fraction of sp³-hybridized carbons (Fsp3) is 0.158. The summed E-state index contributed by atoms with van der Waals surface area (Å²) in [6.07, 6.45) is -3.44. The van der Waals surface area contributed by atoms with Gasteiger partial charge >= 0.3 is 6.18 Å². The number of nitrogens with one attached hydrogen (secondary N) is 1. The van der Waals surface area contributed by atoms with Crippen LogP contribution >= 0.6 is 11.6 Å². The molecule has 3 rings (SSSR count). The smallest absolute Gasteiger partial charge is 0.325 e. The third-order valence-corrected chi connectivity index (χ3v) is 4.23. The van der Waals surface area contributed by atoms with Gasteiger partial charge in [0.1, 0.15) is 0 Å². The van der Waals surface area contributed by atoms with Crippen LogP contribution in [-0.2, 0) is 11.0 Å². The number of aromatic nitrogens is 1. The Hall–Kier alpha value is -2.80. The maximum absolute atomic E-state index is 13.1. The van der Waals surface area contributed by atoms with Gasteiger partial charge in [0.05, 0.1) is 16.8 Å². The first kappa shape index (κ1) is 19.0. The Kier molecular flexibility index (Phi) is 5.23. The van der Waals surface area contributed by atoms with E-state index in [4.69, 9.17) is 11.6 Å². The Morgan fingerprint density at radius 3 is 2.52 bits per heavy atom. The molecule has 27 heavy (non-hydrogen) atoms. The van der Waals surface area contributed by atoms with Gasteiger partial charge in [-0.2, -0.15) is 13.2 Å². The van der Waals surface area contributed by atoms with Crippen molar-refractivity contribution in [1.29, 1.82) is 0 Å². The highest BCUT2D eigenvalue weighted by Gasteiger charge is 2.34. The number of rotatable bonds is 4. The van der Waals surface area contributed by atoms with Gasteiger partial charge in [-0.3, -0.25) is 14.2 Å². The minimum atomic E-state index is -4.66. The van der Waals surface area contributed by atoms with Crippen molar-refractivity contribution in [1.82, 2.24) is 4.57 Å². The monoisotopic (exact) mass is 394 g/mol. The number of carbonyl (C=O) groups excluding carboxylic acids is 2. The highest BCUT2D eigenvalue weighted by molar-refractivity contribution is 6.30. The zero-order chi connectivity index (χ0) is 19.6. The quantitative estimate of drug-likeness (QED) is 0.646. The predicted molar refractivity (Wildman–Crippen MR) is 96.9 cm³/mol. The van der Waals surface area contributed by atoms with Gasteiger partial charge < -0.3 is 5.32 Å². The summed E-state index contributed by atoms with van der Waals surface area (Å²) >= 11 is 5.61. The van der Waals surface area contributed by atoms with E-state index in [0.29, 0.717) is 5.52 Å². The number of amides is 1. The van der Waals surface area contributed by atoms with Crippen molar-refractivity contribution in [2.75, 3.05) is 5.32 Å². The molecule has 3 aromatic rings. The molecule has 1 amide bonds. The average Bonchev–Trinajstić information content (AvgIpc) is 3.04. The molecule has 0 spiro atoms. The summed E-state index contributed by atoms with van der Waals surface area (Å²) in [6, 6.07) is 12.1. The molecule has 140 valence electrons. The van der Waals surface area contributed by atoms with Crippen molar-refractivity contribution in [2.45, 2.75) is 19.0 Å². The van der Waals surface area contributed by atoms with E-state index < -0.39 is 23.3 Å². The molecule has 0 atom stereocenters. The second-order valence-corrected chi connectivity index (χ2v) is 6.31. The van der Waals surface area contributed by atoms with Crippen LogP contribution in [-0.4, -0.2) is 16.4 Å². The van der Waals surface area contributed by atoms with Gasteiger partial charge in [0.15, 0.2) is 0 Å². The van der Waals surface area contributed by atoms with Crippen LogP contribution in [0.25, 0.3) is 10.9 Å². The van der Waals surface area contributed by atoms with E-state index in [1.165, 1.54) is 10.6 Å². The third kappa shape index (κ3) is 4.31. The van der Waals surface area contributed by atoms with Gasteiger partial charge in [-0.1, -0.05) is 29.8 Å². The van der Waals surface area contributed by atoms with Crippen molar-refractivity contribution in [3.8, 4) is 0 Å². The molecule has 0 aliphatic rings. The lowest BCUT2D eigenvalue weighted by atomic mass is 10.1. The number of nitrogens with zero attached hydrogens (tertiary/aromatic N) is 1. The normalized spacial score (nSPS) is 11.6. The van der Waals surface area contributed by atoms with E-state index in [2.05, 4.69) is 5.32 Å². The highest BCUT2D eigenvalue weighted by atomic mass is 35.5. The largest absolute Gasteiger partial charge is 0.418 e. The summed E-state index contributed by atoms with van der Waals surface area (Å²) in [4.78, 5) is 24.4. The third-order valence-electron chi connectivity index (χ3n) is 4.00. The molecule has 0 fully saturated rings. The first-order valence-corrected chi connectivity index (χ1v) is 8.39. The Balaban J connectivity index is 1.68. The van der Waals surface area contributed by atoms with Crippen LogP contribution in [0.2, 0.25) is 5.02 Å². The standard InChI is InChI=1S/C19H14ClF3N2O2/c20-13-5-6-15(14(11-13)19(21,22)23)24-17(26)7-8-18(27)25-10-9-12-3-1-2-4-16(12)25/h1-6,9-11H,7-8H2,(H,24,26). The first-order chi connectivity index (χ1) is 12.8. The van der Waals surface area contributed by atoms with Crippen LogP contribution < -0.4 is 5.32 Å². The second kappa shape index (κ2) is 7.44. The summed E-state index contributed by atoms with van der Waals surface area (Å²) in [5.41, 5.74) is -0.721. The number of carbonyl (C=O) groups is 2. The molecule has 1 N–H and O–H groups in total. The zero-order valence-electron chi connectivity index (χ0n) is 13.9. The van der Waals surface area contributed by atoms with Gasteiger partial charge in [-0.15, -0.1) is 0 Å². The topological polar surface area (TPSA) is 51.1 Å². The molecular weight excluding hydrogens is 381 g/mol. The number of para-hydroxylation sites is 1. The number of hydrogen-bond donors (Lipinski definition) is 1. The van der Waals surface area contributed by atoms with Crippen molar-refractivity contribution >= 4 is 40.0 Å². The summed E-state index contributed by atoms with van der Waals surface area (Å²) in [5.74, 6) is -1.01. The molecule has 0 aliphatic carbocycles. The molecule has 0 bridgehead atoms. The summed E-state index contributed by atoms with van der Waals surface area (Å²) < 4.78 is 40.6. The van der Waals surface area contributed by atoms with Crippen LogP contribution in [0.5, 0.6) is 0 Å². The number of anilines is 1. The van der Waals surface area contributed by atoms with Gasteiger partial charge in [0.25, 0.3) is 0 Å². The number of halogens is 4. The Labute approximate surface area is 157 Å². The lowest BCUT2D eigenvalue weighted by Gasteiger charge is -2.14. The SMILES string of the molecule is O=C(CCC(=O)n1ccc2ccccc21)Nc1ccc(Cl)cc1C(F)(F)F. The van der Waals surface area contributed by atoms with Crippen LogP contribution in [0.15, 0.2) is 54.7 Å². The summed E-state index contributed by atoms with van der Waals surface area (Å²) in [5, 5.41) is 3.00. The maximum Gasteiger partial charge on any atom is 0.418 e. The van der Waals surface area contributed by atoms with Gasteiger partial charge in [0.2, 0.25) is 11.8 Å².